The smallest absolute Gasteiger partial charge is 0.0461 e. The van der Waals surface area contributed by atoms with E-state index in [9.17, 15) is 0 Å². The highest BCUT2D eigenvalue weighted by Gasteiger charge is 2.19. The molecule has 0 amide bonds. The number of nitrogens with one attached hydrogen (secondary N) is 2. The molecule has 1 aromatic heterocycles. The summed E-state index contributed by atoms with van der Waals surface area (Å²) in [5.74, 6) is 0.184. The fourth-order valence-corrected chi connectivity index (χ4v) is 2.24. The highest BCUT2D eigenvalue weighted by Crippen LogP contribution is 2.31. The third-order valence-corrected chi connectivity index (χ3v) is 3.33. The Hall–Kier alpha value is -2.09. The topological polar surface area (TPSA) is 39.6 Å². The third-order valence-electron chi connectivity index (χ3n) is 3.33. The van der Waals surface area contributed by atoms with Crippen molar-refractivity contribution in [2.75, 3.05) is 0 Å². The second-order valence-corrected chi connectivity index (χ2v) is 4.43. The number of rotatable bonds is 1. The van der Waals surface area contributed by atoms with Crippen LogP contribution < -0.4 is 0 Å². The van der Waals surface area contributed by atoms with Crippen molar-refractivity contribution in [3.8, 4) is 11.3 Å². The molecule has 0 fully saturated rings. The van der Waals surface area contributed by atoms with Gasteiger partial charge in [-0.15, -0.1) is 0 Å². The molecule has 0 bridgehead atoms. The molecule has 3 rings (SSSR count). The van der Waals surface area contributed by atoms with Crippen LogP contribution in [-0.2, 0) is 0 Å². The molecule has 2 nitrogen and oxygen atoms in total. The maximum Gasteiger partial charge on any atom is 0.0461 e. The molecule has 0 saturated carbocycles. The van der Waals surface area contributed by atoms with Gasteiger partial charge in [-0.2, -0.15) is 0 Å². The molecule has 1 aliphatic rings. The Balaban J connectivity index is 2.10. The van der Waals surface area contributed by atoms with Crippen molar-refractivity contribution >= 4 is 11.8 Å². The second-order valence-electron chi connectivity index (χ2n) is 4.43. The average molecular weight is 222 g/mol. The summed E-state index contributed by atoms with van der Waals surface area (Å²) in [4.78, 5) is 3.42. The zero-order valence-corrected chi connectivity index (χ0v) is 9.70. The number of aromatic nitrogens is 1. The van der Waals surface area contributed by atoms with Crippen LogP contribution in [0.25, 0.3) is 17.3 Å². The fourth-order valence-electron chi connectivity index (χ4n) is 2.24. The molecule has 0 radical (unpaired) electrons. The van der Waals surface area contributed by atoms with Gasteiger partial charge in [0.2, 0.25) is 0 Å². The number of fused-ring (bicyclic) bond motifs is 1. The van der Waals surface area contributed by atoms with Crippen LogP contribution >= 0.6 is 0 Å². The molecule has 0 aliphatic heterocycles. The molecule has 2 N–H and O–H groups in total. The van der Waals surface area contributed by atoms with E-state index in [4.69, 9.17) is 5.41 Å². The molecule has 0 saturated heterocycles. The molecular formula is C15H14N2. The molecule has 1 heterocycles. The summed E-state index contributed by atoms with van der Waals surface area (Å²) in [6, 6.07) is 12.4. The van der Waals surface area contributed by atoms with E-state index in [1.165, 1.54) is 11.1 Å². The summed E-state index contributed by atoms with van der Waals surface area (Å²) in [7, 11) is 0. The van der Waals surface area contributed by atoms with Crippen LogP contribution in [-0.4, -0.2) is 10.7 Å². The number of aromatic amines is 1. The first-order valence-corrected chi connectivity index (χ1v) is 5.80. The molecule has 1 aromatic carbocycles. The van der Waals surface area contributed by atoms with Crippen molar-refractivity contribution in [2.45, 2.75) is 12.8 Å². The summed E-state index contributed by atoms with van der Waals surface area (Å²) in [5.41, 5.74) is 5.34. The van der Waals surface area contributed by atoms with Crippen LogP contribution in [0.5, 0.6) is 0 Å². The number of allylic oxidation sites excluding steroid dienone is 1. The maximum atomic E-state index is 7.84. The zero-order valence-electron chi connectivity index (χ0n) is 9.70. The molecular weight excluding hydrogens is 208 g/mol. The summed E-state index contributed by atoms with van der Waals surface area (Å²) < 4.78 is 0. The SMILES string of the molecule is CC1C(=N)C=Cc2[nH]c(-c3ccccc3)cc21. The number of H-pyrrole nitrogens is 1. The second kappa shape index (κ2) is 3.74. The Morgan fingerprint density at radius 1 is 1.12 bits per heavy atom. The van der Waals surface area contributed by atoms with Gasteiger partial charge in [0, 0.05) is 23.0 Å². The lowest BCUT2D eigenvalue weighted by Crippen LogP contribution is -2.08. The van der Waals surface area contributed by atoms with Gasteiger partial charge in [-0.1, -0.05) is 37.3 Å². The van der Waals surface area contributed by atoms with Crippen molar-refractivity contribution in [1.82, 2.24) is 4.98 Å². The van der Waals surface area contributed by atoms with Crippen molar-refractivity contribution in [2.24, 2.45) is 0 Å². The number of hydrogen-bond acceptors (Lipinski definition) is 1. The zero-order chi connectivity index (χ0) is 11.8. The minimum absolute atomic E-state index is 0.184. The van der Waals surface area contributed by atoms with Crippen molar-refractivity contribution < 1.29 is 0 Å². The first kappa shape index (κ1) is 10.1. The Bertz CT molecular complexity index is 591. The monoisotopic (exact) mass is 222 g/mol. The van der Waals surface area contributed by atoms with Gasteiger partial charge in [-0.05, 0) is 29.3 Å². The normalized spacial score (nSPS) is 18.2. The van der Waals surface area contributed by atoms with E-state index < -0.39 is 0 Å². The van der Waals surface area contributed by atoms with Gasteiger partial charge >= 0.3 is 0 Å². The molecule has 17 heavy (non-hydrogen) atoms. The minimum atomic E-state index is 0.184. The van der Waals surface area contributed by atoms with Crippen molar-refractivity contribution in [3.63, 3.8) is 0 Å². The lowest BCUT2D eigenvalue weighted by Gasteiger charge is -2.13. The van der Waals surface area contributed by atoms with E-state index in [0.29, 0.717) is 5.71 Å². The summed E-state index contributed by atoms with van der Waals surface area (Å²) in [5, 5.41) is 7.84. The Kier molecular flexibility index (Phi) is 2.22. The lowest BCUT2D eigenvalue weighted by molar-refractivity contribution is 1.00. The Morgan fingerprint density at radius 2 is 1.88 bits per heavy atom. The predicted octanol–water partition coefficient (Wildman–Crippen LogP) is 3.83. The lowest BCUT2D eigenvalue weighted by atomic mass is 9.91. The van der Waals surface area contributed by atoms with Crippen LogP contribution in [0.3, 0.4) is 0 Å². The van der Waals surface area contributed by atoms with Crippen molar-refractivity contribution in [3.05, 3.63) is 53.7 Å². The first-order chi connectivity index (χ1) is 8.25. The van der Waals surface area contributed by atoms with E-state index in [0.717, 1.165) is 11.4 Å². The van der Waals surface area contributed by atoms with Gasteiger partial charge in [-0.3, -0.25) is 0 Å². The molecule has 1 unspecified atom stereocenters. The standard InChI is InChI=1S/C15H14N2/c1-10-12-9-15(11-5-3-2-4-6-11)17-14(12)8-7-13(10)16/h2-10,16-17H,1H3. The van der Waals surface area contributed by atoms with Crippen LogP contribution in [0, 0.1) is 5.41 Å². The Labute approximate surface area is 101 Å². The molecule has 2 aromatic rings. The highest BCUT2D eigenvalue weighted by atomic mass is 14.7. The van der Waals surface area contributed by atoms with E-state index >= 15 is 0 Å². The molecule has 0 spiro atoms. The van der Waals surface area contributed by atoms with Gasteiger partial charge in [0.1, 0.15) is 0 Å². The Morgan fingerprint density at radius 3 is 2.65 bits per heavy atom. The van der Waals surface area contributed by atoms with Crippen molar-refractivity contribution in [1.29, 1.82) is 5.41 Å². The van der Waals surface area contributed by atoms with Crippen LogP contribution in [0.2, 0.25) is 0 Å². The average Bonchev–Trinajstić information content (AvgIpc) is 2.80. The predicted molar refractivity (Wildman–Crippen MR) is 71.4 cm³/mol. The summed E-state index contributed by atoms with van der Waals surface area (Å²) >= 11 is 0. The summed E-state index contributed by atoms with van der Waals surface area (Å²) in [6.45, 7) is 2.08. The summed E-state index contributed by atoms with van der Waals surface area (Å²) in [6.07, 6.45) is 3.86. The van der Waals surface area contributed by atoms with E-state index in [1.807, 2.05) is 30.4 Å². The van der Waals surface area contributed by atoms with Crippen LogP contribution in [0.4, 0.5) is 0 Å². The highest BCUT2D eigenvalue weighted by molar-refractivity contribution is 6.03. The largest absolute Gasteiger partial charge is 0.355 e. The van der Waals surface area contributed by atoms with E-state index in [1.54, 1.807) is 0 Å². The molecule has 84 valence electrons. The van der Waals surface area contributed by atoms with Gasteiger partial charge in [0.15, 0.2) is 0 Å². The molecule has 1 aliphatic carbocycles. The van der Waals surface area contributed by atoms with Gasteiger partial charge in [-0.25, -0.2) is 0 Å². The van der Waals surface area contributed by atoms with E-state index in [-0.39, 0.29) is 5.92 Å². The van der Waals surface area contributed by atoms with Gasteiger partial charge < -0.3 is 10.4 Å². The number of hydrogen-bond donors (Lipinski definition) is 2. The van der Waals surface area contributed by atoms with Gasteiger partial charge in [0.05, 0.1) is 0 Å². The van der Waals surface area contributed by atoms with E-state index in [2.05, 4.69) is 30.1 Å². The third kappa shape index (κ3) is 1.62. The molecule has 1 atom stereocenters. The molecule has 2 heteroatoms. The first-order valence-electron chi connectivity index (χ1n) is 5.80. The van der Waals surface area contributed by atoms with Crippen LogP contribution in [0.1, 0.15) is 24.1 Å². The minimum Gasteiger partial charge on any atom is -0.355 e. The van der Waals surface area contributed by atoms with Gasteiger partial charge in [0.25, 0.3) is 0 Å². The maximum absolute atomic E-state index is 7.84. The quantitative estimate of drug-likeness (QED) is 0.736. The van der Waals surface area contributed by atoms with Crippen LogP contribution in [0.15, 0.2) is 42.5 Å². The number of benzene rings is 1. The fraction of sp³-hybridized carbons (Fsp3) is 0.133.